The number of hydrogen-bond donors (Lipinski definition) is 3. The molecule has 0 aliphatic heterocycles. The van der Waals surface area contributed by atoms with Gasteiger partial charge in [0.15, 0.2) is 5.96 Å². The van der Waals surface area contributed by atoms with Crippen molar-refractivity contribution in [3.05, 3.63) is 33.8 Å². The highest BCUT2D eigenvalue weighted by atomic mass is 127. The first kappa shape index (κ1) is 19.8. The molecule has 1 aliphatic rings. The predicted molar refractivity (Wildman–Crippen MR) is 103 cm³/mol. The Morgan fingerprint density at radius 2 is 2.05 bits per heavy atom. The van der Waals surface area contributed by atoms with E-state index in [1.807, 2.05) is 13.0 Å². The summed E-state index contributed by atoms with van der Waals surface area (Å²) in [5.41, 5.74) is 0.342. The lowest BCUT2D eigenvalue weighted by atomic mass is 9.80. The fraction of sp³-hybridized carbons (Fsp3) is 0.533. The molecule has 1 aliphatic carbocycles. The Hall–Kier alpha value is -0.240. The standard InChI is InChI=1S/C15H21Cl2N3O.HI/c1-2-18-14(20-10-15(21)6-3-7-15)19-9-11-4-5-12(16)8-13(11)17;/h4-5,8,21H,2-3,6-7,9-10H2,1H3,(H2,18,19,20);1H. The Balaban J connectivity index is 0.00000242. The lowest BCUT2D eigenvalue weighted by Gasteiger charge is -2.37. The Labute approximate surface area is 158 Å². The van der Waals surface area contributed by atoms with Gasteiger partial charge in [0.05, 0.1) is 12.1 Å². The smallest absolute Gasteiger partial charge is 0.191 e. The van der Waals surface area contributed by atoms with Gasteiger partial charge in [-0.3, -0.25) is 0 Å². The van der Waals surface area contributed by atoms with Crippen LogP contribution in [0.15, 0.2) is 23.2 Å². The summed E-state index contributed by atoms with van der Waals surface area (Å²) in [7, 11) is 0. The van der Waals surface area contributed by atoms with Crippen molar-refractivity contribution in [2.75, 3.05) is 13.1 Å². The molecule has 2 rings (SSSR count). The van der Waals surface area contributed by atoms with Gasteiger partial charge in [0.25, 0.3) is 0 Å². The Kier molecular flexibility index (Phi) is 8.24. The summed E-state index contributed by atoms with van der Waals surface area (Å²) in [6.07, 6.45) is 2.79. The Morgan fingerprint density at radius 3 is 2.59 bits per heavy atom. The maximum absolute atomic E-state index is 10.1. The molecule has 0 radical (unpaired) electrons. The number of halogens is 3. The summed E-state index contributed by atoms with van der Waals surface area (Å²) >= 11 is 12.0. The normalized spacial score (nSPS) is 16.5. The van der Waals surface area contributed by atoms with Crippen molar-refractivity contribution >= 4 is 53.1 Å². The summed E-state index contributed by atoms with van der Waals surface area (Å²) in [5, 5.41) is 17.7. The third-order valence-corrected chi connectivity index (χ3v) is 4.22. The van der Waals surface area contributed by atoms with Crippen molar-refractivity contribution in [3.8, 4) is 0 Å². The molecule has 1 fully saturated rings. The van der Waals surface area contributed by atoms with Crippen LogP contribution in [0.1, 0.15) is 31.7 Å². The first-order chi connectivity index (χ1) is 10.0. The molecule has 0 saturated heterocycles. The van der Waals surface area contributed by atoms with Gasteiger partial charge in [0, 0.05) is 23.1 Å². The van der Waals surface area contributed by atoms with Crippen LogP contribution in [-0.2, 0) is 6.54 Å². The van der Waals surface area contributed by atoms with Crippen LogP contribution in [0, 0.1) is 0 Å². The van der Waals surface area contributed by atoms with Gasteiger partial charge in [-0.15, -0.1) is 24.0 Å². The van der Waals surface area contributed by atoms with Gasteiger partial charge in [-0.25, -0.2) is 4.99 Å². The number of guanidine groups is 1. The van der Waals surface area contributed by atoms with Gasteiger partial charge >= 0.3 is 0 Å². The Bertz CT molecular complexity index is 522. The third-order valence-electron chi connectivity index (χ3n) is 3.64. The maximum atomic E-state index is 10.1. The maximum Gasteiger partial charge on any atom is 0.191 e. The van der Waals surface area contributed by atoms with E-state index in [1.165, 1.54) is 0 Å². The summed E-state index contributed by atoms with van der Waals surface area (Å²) in [5.74, 6) is 0.684. The molecule has 1 aromatic carbocycles. The summed E-state index contributed by atoms with van der Waals surface area (Å²) in [4.78, 5) is 4.49. The van der Waals surface area contributed by atoms with Crippen molar-refractivity contribution in [2.24, 2.45) is 4.99 Å². The van der Waals surface area contributed by atoms with Gasteiger partial charge in [0.1, 0.15) is 0 Å². The van der Waals surface area contributed by atoms with Gasteiger partial charge in [0.2, 0.25) is 0 Å². The second kappa shape index (κ2) is 9.15. The average Bonchev–Trinajstić information content (AvgIpc) is 2.41. The molecular weight excluding hydrogens is 436 g/mol. The molecule has 0 atom stereocenters. The van der Waals surface area contributed by atoms with E-state index >= 15 is 0 Å². The van der Waals surface area contributed by atoms with Gasteiger partial charge in [-0.05, 0) is 43.9 Å². The molecule has 0 heterocycles. The van der Waals surface area contributed by atoms with Crippen molar-refractivity contribution < 1.29 is 5.11 Å². The van der Waals surface area contributed by atoms with E-state index in [0.29, 0.717) is 29.1 Å². The molecule has 1 aromatic rings. The molecule has 22 heavy (non-hydrogen) atoms. The molecule has 0 aromatic heterocycles. The van der Waals surface area contributed by atoms with E-state index < -0.39 is 5.60 Å². The third kappa shape index (κ3) is 5.76. The molecule has 1 saturated carbocycles. The second-order valence-electron chi connectivity index (χ2n) is 5.36. The highest BCUT2D eigenvalue weighted by Gasteiger charge is 2.34. The number of aliphatic imine (C=N–C) groups is 1. The molecule has 124 valence electrons. The number of hydrogen-bond acceptors (Lipinski definition) is 2. The van der Waals surface area contributed by atoms with Crippen LogP contribution in [-0.4, -0.2) is 29.8 Å². The van der Waals surface area contributed by atoms with Crippen molar-refractivity contribution in [3.63, 3.8) is 0 Å². The van der Waals surface area contributed by atoms with E-state index in [0.717, 1.165) is 31.4 Å². The first-order valence-corrected chi connectivity index (χ1v) is 7.96. The van der Waals surface area contributed by atoms with Crippen LogP contribution in [0.4, 0.5) is 0 Å². The van der Waals surface area contributed by atoms with Crippen molar-refractivity contribution in [1.29, 1.82) is 0 Å². The van der Waals surface area contributed by atoms with E-state index in [1.54, 1.807) is 12.1 Å². The predicted octanol–water partition coefficient (Wildman–Crippen LogP) is 3.58. The van der Waals surface area contributed by atoms with Crippen molar-refractivity contribution in [2.45, 2.75) is 38.3 Å². The van der Waals surface area contributed by atoms with Gasteiger partial charge in [-0.1, -0.05) is 29.3 Å². The summed E-state index contributed by atoms with van der Waals surface area (Å²) in [6, 6.07) is 5.39. The van der Waals surface area contributed by atoms with E-state index in [-0.39, 0.29) is 24.0 Å². The molecule has 4 nitrogen and oxygen atoms in total. The minimum atomic E-state index is -0.575. The molecule has 0 spiro atoms. The highest BCUT2D eigenvalue weighted by Crippen LogP contribution is 2.30. The Morgan fingerprint density at radius 1 is 1.32 bits per heavy atom. The number of aliphatic hydroxyl groups is 1. The van der Waals surface area contributed by atoms with E-state index in [9.17, 15) is 5.11 Å². The number of rotatable bonds is 5. The zero-order valence-corrected chi connectivity index (χ0v) is 16.4. The quantitative estimate of drug-likeness (QED) is 0.360. The lowest BCUT2D eigenvalue weighted by Crippen LogP contribution is -2.50. The minimum Gasteiger partial charge on any atom is -0.388 e. The van der Waals surface area contributed by atoms with Crippen LogP contribution >= 0.6 is 47.2 Å². The number of nitrogens with one attached hydrogen (secondary N) is 2. The molecule has 7 heteroatoms. The van der Waals surface area contributed by atoms with Gasteiger partial charge < -0.3 is 15.7 Å². The minimum absolute atomic E-state index is 0. The molecule has 0 unspecified atom stereocenters. The first-order valence-electron chi connectivity index (χ1n) is 7.21. The largest absolute Gasteiger partial charge is 0.388 e. The summed E-state index contributed by atoms with van der Waals surface area (Å²) < 4.78 is 0. The zero-order valence-electron chi connectivity index (χ0n) is 12.5. The van der Waals surface area contributed by atoms with Crippen molar-refractivity contribution in [1.82, 2.24) is 10.6 Å². The molecule has 0 amide bonds. The highest BCUT2D eigenvalue weighted by molar-refractivity contribution is 14.0. The number of nitrogens with zero attached hydrogens (tertiary/aromatic N) is 1. The van der Waals surface area contributed by atoms with Crippen LogP contribution in [0.3, 0.4) is 0 Å². The van der Waals surface area contributed by atoms with E-state index in [4.69, 9.17) is 23.2 Å². The monoisotopic (exact) mass is 457 g/mol. The fourth-order valence-corrected chi connectivity index (χ4v) is 2.63. The van der Waals surface area contributed by atoms with Gasteiger partial charge in [-0.2, -0.15) is 0 Å². The van der Waals surface area contributed by atoms with Crippen LogP contribution in [0.5, 0.6) is 0 Å². The van der Waals surface area contributed by atoms with Crippen LogP contribution in [0.25, 0.3) is 0 Å². The van der Waals surface area contributed by atoms with Crippen LogP contribution < -0.4 is 10.6 Å². The topological polar surface area (TPSA) is 56.7 Å². The van der Waals surface area contributed by atoms with Crippen LogP contribution in [0.2, 0.25) is 10.0 Å². The fourth-order valence-electron chi connectivity index (χ4n) is 2.17. The summed E-state index contributed by atoms with van der Waals surface area (Å²) in [6.45, 7) is 3.75. The second-order valence-corrected chi connectivity index (χ2v) is 6.21. The lowest BCUT2D eigenvalue weighted by molar-refractivity contribution is -0.0279. The SMILES string of the molecule is CCNC(=NCc1ccc(Cl)cc1Cl)NCC1(O)CCC1.I. The van der Waals surface area contributed by atoms with E-state index in [2.05, 4.69) is 15.6 Å². The molecule has 3 N–H and O–H groups in total. The number of benzene rings is 1. The average molecular weight is 458 g/mol. The molecular formula is C15H22Cl2IN3O. The molecule has 0 bridgehead atoms. The zero-order chi connectivity index (χ0) is 15.3.